The molecule has 0 saturated heterocycles. The third-order valence-corrected chi connectivity index (χ3v) is 6.19. The Morgan fingerprint density at radius 3 is 2.82 bits per heavy atom. The minimum Gasteiger partial charge on any atom is -0.0695 e. The molecule has 1 heterocycles. The zero-order valence-corrected chi connectivity index (χ0v) is 9.12. The van der Waals surface area contributed by atoms with Gasteiger partial charge in [0.25, 0.3) is 0 Å². The van der Waals surface area contributed by atoms with Gasteiger partial charge in [-0.05, 0) is 25.2 Å². The molecule has 1 aliphatic heterocycles. The topological polar surface area (TPSA) is 0 Å². The lowest BCUT2D eigenvalue weighted by Crippen LogP contribution is -1.93. The standard InChI is InChI=1S/C9H10BrP/c1-6-3-7-5-9(10)11(2)8(7)4-6/h3-5,8H,1-2H3. The second-order valence-corrected chi connectivity index (χ2v) is 6.80. The average Bonchev–Trinajstić information content (AvgIpc) is 2.37. The number of fused-ring (bicyclic) bond motifs is 1. The van der Waals surface area contributed by atoms with Crippen LogP contribution in [0.5, 0.6) is 0 Å². The summed E-state index contributed by atoms with van der Waals surface area (Å²) in [5.74, 6) is 0. The zero-order valence-electron chi connectivity index (χ0n) is 6.63. The van der Waals surface area contributed by atoms with Gasteiger partial charge in [-0.1, -0.05) is 41.6 Å². The fourth-order valence-corrected chi connectivity index (χ4v) is 4.18. The second kappa shape index (κ2) is 2.57. The van der Waals surface area contributed by atoms with E-state index in [1.165, 1.54) is 15.4 Å². The Morgan fingerprint density at radius 2 is 2.18 bits per heavy atom. The first kappa shape index (κ1) is 7.76. The van der Waals surface area contributed by atoms with Crippen LogP contribution in [0.15, 0.2) is 33.6 Å². The highest BCUT2D eigenvalue weighted by atomic mass is 79.9. The molecule has 58 valence electrons. The molecule has 0 amide bonds. The summed E-state index contributed by atoms with van der Waals surface area (Å²) in [7, 11) is 0.0399. The normalized spacial score (nSPS) is 34.6. The quantitative estimate of drug-likeness (QED) is 0.556. The predicted molar refractivity (Wildman–Crippen MR) is 55.5 cm³/mol. The molecule has 0 fully saturated rings. The van der Waals surface area contributed by atoms with Crippen molar-refractivity contribution in [2.45, 2.75) is 12.6 Å². The molecular weight excluding hydrogens is 219 g/mol. The van der Waals surface area contributed by atoms with Gasteiger partial charge in [0, 0.05) is 9.88 Å². The molecule has 2 heteroatoms. The van der Waals surface area contributed by atoms with Gasteiger partial charge in [-0.2, -0.15) is 0 Å². The van der Waals surface area contributed by atoms with Crippen molar-refractivity contribution in [2.24, 2.45) is 0 Å². The van der Waals surface area contributed by atoms with Gasteiger partial charge in [-0.25, -0.2) is 0 Å². The molecule has 0 aromatic rings. The summed E-state index contributed by atoms with van der Waals surface area (Å²) in [4.78, 5) is 0. The highest BCUT2D eigenvalue weighted by Crippen LogP contribution is 2.59. The Balaban J connectivity index is 2.39. The minimum atomic E-state index is 0.0399. The van der Waals surface area contributed by atoms with Crippen molar-refractivity contribution >= 4 is 23.9 Å². The lowest BCUT2D eigenvalue weighted by atomic mass is 10.2. The van der Waals surface area contributed by atoms with E-state index >= 15 is 0 Å². The monoisotopic (exact) mass is 228 g/mol. The molecule has 0 aromatic carbocycles. The van der Waals surface area contributed by atoms with Crippen LogP contribution in [0.25, 0.3) is 0 Å². The Morgan fingerprint density at radius 1 is 1.45 bits per heavy atom. The summed E-state index contributed by atoms with van der Waals surface area (Å²) in [6.45, 7) is 4.51. The fourth-order valence-electron chi connectivity index (χ4n) is 1.58. The van der Waals surface area contributed by atoms with Crippen LogP contribution in [0, 0.1) is 0 Å². The molecule has 0 bridgehead atoms. The Bertz CT molecular complexity index is 286. The Labute approximate surface area is 76.9 Å². The molecular formula is C9H10BrP. The molecule has 0 aromatic heterocycles. The van der Waals surface area contributed by atoms with E-state index < -0.39 is 0 Å². The van der Waals surface area contributed by atoms with Gasteiger partial charge < -0.3 is 0 Å². The maximum Gasteiger partial charge on any atom is 0.0270 e. The van der Waals surface area contributed by atoms with Crippen molar-refractivity contribution < 1.29 is 0 Å². The van der Waals surface area contributed by atoms with Gasteiger partial charge in [0.15, 0.2) is 0 Å². The van der Waals surface area contributed by atoms with Gasteiger partial charge >= 0.3 is 0 Å². The fraction of sp³-hybridized carbons (Fsp3) is 0.333. The molecule has 2 aliphatic rings. The van der Waals surface area contributed by atoms with E-state index in [-0.39, 0.29) is 7.92 Å². The molecule has 11 heavy (non-hydrogen) atoms. The van der Waals surface area contributed by atoms with Crippen molar-refractivity contribution in [1.82, 2.24) is 0 Å². The van der Waals surface area contributed by atoms with E-state index in [0.29, 0.717) is 0 Å². The summed E-state index contributed by atoms with van der Waals surface area (Å²) >= 11 is 3.60. The van der Waals surface area contributed by atoms with Crippen LogP contribution in [0.1, 0.15) is 6.92 Å². The van der Waals surface area contributed by atoms with Crippen LogP contribution in [0.3, 0.4) is 0 Å². The Hall–Kier alpha value is 0.130. The SMILES string of the molecule is CC1=CC2C(=C1)C=C(Br)P2C. The number of halogens is 1. The summed E-state index contributed by atoms with van der Waals surface area (Å²) in [6, 6.07) is 0. The van der Waals surface area contributed by atoms with Crippen molar-refractivity contribution in [3.63, 3.8) is 0 Å². The smallest absolute Gasteiger partial charge is 0.0270 e. The first-order valence-corrected chi connectivity index (χ1v) is 6.33. The van der Waals surface area contributed by atoms with Crippen molar-refractivity contribution in [3.8, 4) is 0 Å². The van der Waals surface area contributed by atoms with E-state index in [0.717, 1.165) is 5.66 Å². The molecule has 0 saturated carbocycles. The van der Waals surface area contributed by atoms with Crippen LogP contribution in [0.4, 0.5) is 0 Å². The average molecular weight is 229 g/mol. The lowest BCUT2D eigenvalue weighted by Gasteiger charge is -2.10. The minimum absolute atomic E-state index is 0.0399. The van der Waals surface area contributed by atoms with Crippen molar-refractivity contribution in [3.05, 3.63) is 33.6 Å². The number of rotatable bonds is 0. The maximum atomic E-state index is 3.60. The summed E-state index contributed by atoms with van der Waals surface area (Å²) in [5.41, 5.74) is 3.65. The number of hydrogen-bond acceptors (Lipinski definition) is 0. The van der Waals surface area contributed by atoms with Gasteiger partial charge in [0.05, 0.1) is 0 Å². The van der Waals surface area contributed by atoms with Gasteiger partial charge in [-0.15, -0.1) is 0 Å². The first-order valence-electron chi connectivity index (χ1n) is 3.68. The molecule has 2 unspecified atom stereocenters. The summed E-state index contributed by atoms with van der Waals surface area (Å²) in [6.07, 6.45) is 6.95. The lowest BCUT2D eigenvalue weighted by molar-refractivity contribution is 1.36. The van der Waals surface area contributed by atoms with Crippen LogP contribution >= 0.6 is 23.9 Å². The highest BCUT2D eigenvalue weighted by molar-refractivity contribution is 9.13. The van der Waals surface area contributed by atoms with E-state index in [9.17, 15) is 0 Å². The van der Waals surface area contributed by atoms with Crippen LogP contribution in [-0.2, 0) is 0 Å². The van der Waals surface area contributed by atoms with Crippen LogP contribution < -0.4 is 0 Å². The van der Waals surface area contributed by atoms with Gasteiger partial charge in [-0.3, -0.25) is 0 Å². The van der Waals surface area contributed by atoms with E-state index in [1.807, 2.05) is 0 Å². The third-order valence-electron chi connectivity index (χ3n) is 2.20. The van der Waals surface area contributed by atoms with E-state index in [1.54, 1.807) is 0 Å². The molecule has 2 rings (SSSR count). The van der Waals surface area contributed by atoms with Crippen molar-refractivity contribution in [1.29, 1.82) is 0 Å². The number of allylic oxidation sites excluding steroid dienone is 5. The van der Waals surface area contributed by atoms with E-state index in [4.69, 9.17) is 0 Å². The maximum absolute atomic E-state index is 3.60. The van der Waals surface area contributed by atoms with Gasteiger partial charge in [0.2, 0.25) is 0 Å². The van der Waals surface area contributed by atoms with Crippen LogP contribution in [0.2, 0.25) is 0 Å². The molecule has 0 spiro atoms. The number of hydrogen-bond donors (Lipinski definition) is 0. The second-order valence-electron chi connectivity index (χ2n) is 3.08. The van der Waals surface area contributed by atoms with Gasteiger partial charge in [0.1, 0.15) is 0 Å². The molecule has 0 radical (unpaired) electrons. The highest BCUT2D eigenvalue weighted by Gasteiger charge is 2.29. The first-order chi connectivity index (χ1) is 5.18. The zero-order chi connectivity index (χ0) is 8.01. The van der Waals surface area contributed by atoms with Crippen LogP contribution in [-0.4, -0.2) is 12.3 Å². The predicted octanol–water partition coefficient (Wildman–Crippen LogP) is 3.60. The summed E-state index contributed by atoms with van der Waals surface area (Å²) in [5, 5.41) is 0. The molecule has 0 nitrogen and oxygen atoms in total. The van der Waals surface area contributed by atoms with Crippen molar-refractivity contribution in [2.75, 3.05) is 6.66 Å². The molecule has 1 aliphatic carbocycles. The third kappa shape index (κ3) is 1.15. The Kier molecular flexibility index (Phi) is 1.81. The largest absolute Gasteiger partial charge is 0.0695 e. The van der Waals surface area contributed by atoms with E-state index in [2.05, 4.69) is 47.7 Å². The molecule has 0 N–H and O–H groups in total. The summed E-state index contributed by atoms with van der Waals surface area (Å²) < 4.78 is 1.41. The molecule has 2 atom stereocenters.